The maximum atomic E-state index is 13.0. The molecule has 592 valence electrons. The highest BCUT2D eigenvalue weighted by atomic mass is 16.6. The molecule has 0 aliphatic heterocycles. The number of rotatable bonds is 20. The van der Waals surface area contributed by atoms with Crippen LogP contribution in [0.2, 0.25) is 0 Å². The van der Waals surface area contributed by atoms with Crippen molar-refractivity contribution < 1.29 is 52.5 Å². The minimum atomic E-state index is -0.804. The molecule has 0 radical (unpaired) electrons. The Balaban J connectivity index is 0.000000309. The lowest BCUT2D eigenvalue weighted by Gasteiger charge is -2.33. The van der Waals surface area contributed by atoms with E-state index < -0.39 is 42.5 Å². The van der Waals surface area contributed by atoms with Crippen molar-refractivity contribution in [3.05, 3.63) is 214 Å². The summed E-state index contributed by atoms with van der Waals surface area (Å²) in [5.74, 6) is 1.65. The fourth-order valence-electron chi connectivity index (χ4n) is 14.6. The van der Waals surface area contributed by atoms with Crippen molar-refractivity contribution in [2.45, 2.75) is 214 Å². The van der Waals surface area contributed by atoms with Gasteiger partial charge >= 0.3 is 42.5 Å². The van der Waals surface area contributed by atoms with Crippen molar-refractivity contribution in [1.82, 2.24) is 5.32 Å². The molecule has 0 bridgehead atoms. The normalized spacial score (nSPS) is 12.0. The Morgan fingerprint density at radius 3 is 0.604 bits per heavy atom. The van der Waals surface area contributed by atoms with E-state index in [0.29, 0.717) is 68.5 Å². The van der Waals surface area contributed by atoms with Gasteiger partial charge in [0.15, 0.2) is 0 Å². The number of carbonyl (C=O) groups is 7. The van der Waals surface area contributed by atoms with Crippen LogP contribution >= 0.6 is 0 Å². The predicted molar refractivity (Wildman–Crippen MR) is 451 cm³/mol. The summed E-state index contributed by atoms with van der Waals surface area (Å²) in [5.41, 5.74) is 11.6. The molecule has 9 N–H and O–H groups in total. The van der Waals surface area contributed by atoms with Crippen LogP contribution in [0.1, 0.15) is 209 Å². The molecule has 0 unspecified atom stereocenters. The zero-order chi connectivity index (χ0) is 82.4. The zero-order valence-corrected chi connectivity index (χ0v) is 69.5. The largest absolute Gasteiger partial charge is 0.417 e. The van der Waals surface area contributed by atoms with E-state index in [9.17, 15) is 33.6 Å². The number of carbonyl (C=O) groups excluding carboxylic acids is 7. The maximum absolute atomic E-state index is 13.0. The van der Waals surface area contributed by atoms with Crippen LogP contribution in [-0.2, 0) is 21.7 Å². The third-order valence-electron chi connectivity index (χ3n) is 18.4. The molecule has 0 aliphatic rings. The molecule has 0 aromatic heterocycles. The first kappa shape index (κ1) is 87.1. The molecule has 10 amide bonds. The van der Waals surface area contributed by atoms with E-state index in [1.807, 2.05) is 62.4 Å². The van der Waals surface area contributed by atoms with Crippen LogP contribution in [0.15, 0.2) is 170 Å². The van der Waals surface area contributed by atoms with Gasteiger partial charge in [0.2, 0.25) is 0 Å². The van der Waals surface area contributed by atoms with Crippen LogP contribution in [0, 0.1) is 49.4 Å². The fraction of sp³-hybridized carbons (Fsp3) is 0.396. The minimum absolute atomic E-state index is 0.0277. The van der Waals surface area contributed by atoms with Gasteiger partial charge in [-0.15, -0.1) is 0 Å². The van der Waals surface area contributed by atoms with Crippen LogP contribution in [0.4, 0.5) is 79.1 Å². The van der Waals surface area contributed by atoms with Crippen LogP contribution in [0.5, 0.6) is 23.0 Å². The summed E-state index contributed by atoms with van der Waals surface area (Å²) < 4.78 is 22.2. The van der Waals surface area contributed by atoms with Crippen molar-refractivity contribution in [2.75, 3.05) is 42.5 Å². The number of benzene rings is 8. The smallest absolute Gasteiger partial charge is 0.410 e. The third kappa shape index (κ3) is 28.3. The van der Waals surface area contributed by atoms with E-state index in [4.69, 9.17) is 18.9 Å². The van der Waals surface area contributed by atoms with Crippen LogP contribution in [0.25, 0.3) is 0 Å². The molecule has 0 aliphatic carbocycles. The minimum Gasteiger partial charge on any atom is -0.410 e. The van der Waals surface area contributed by atoms with Crippen LogP contribution < -0.4 is 66.8 Å². The highest BCUT2D eigenvalue weighted by Gasteiger charge is 2.32. The fourth-order valence-corrected chi connectivity index (χ4v) is 14.6. The van der Waals surface area contributed by atoms with E-state index in [2.05, 4.69) is 186 Å². The lowest BCUT2D eigenvalue weighted by molar-refractivity contribution is 0.214. The SMILES string of the molecule is Cc1ccc(NC(=O)NC(=O)Nc2ccc(C)c(NC(=O)Oc3ccc(C(C)(C)CC(C)(C)C)cc3)c2)cc1NC(=O)Oc1ccc(C(C)(C)CC(C)(C)C)cc1.Cc1ccc(NC(=O)Nc2ccc(C)c(NC(=O)Oc3ccc(C(C)(C)CC(C)(C)C)cc3)c2)cc1NC(=O)Oc1ccc(C(C)(C)CC(C)(C)C)cc1. The van der Waals surface area contributed by atoms with Gasteiger partial charge in [-0.2, -0.15) is 0 Å². The van der Waals surface area contributed by atoms with Crippen molar-refractivity contribution in [3.63, 3.8) is 0 Å². The Bertz CT molecular complexity index is 4320. The summed E-state index contributed by atoms with van der Waals surface area (Å²) >= 11 is 0. The molecule has 0 spiro atoms. The van der Waals surface area contributed by atoms with Gasteiger partial charge < -0.3 is 40.2 Å². The van der Waals surface area contributed by atoms with E-state index in [1.54, 1.807) is 135 Å². The van der Waals surface area contributed by atoms with E-state index in [1.165, 1.54) is 11.1 Å². The number of ether oxygens (including phenoxy) is 4. The van der Waals surface area contributed by atoms with Crippen molar-refractivity contribution in [3.8, 4) is 23.0 Å². The van der Waals surface area contributed by atoms with Gasteiger partial charge in [-0.1, -0.05) is 211 Å². The Labute approximate surface area is 657 Å². The lowest BCUT2D eigenvalue weighted by atomic mass is 9.72. The summed E-state index contributed by atoms with van der Waals surface area (Å²) in [6, 6.07) is 48.3. The number of urea groups is 3. The first-order valence-corrected chi connectivity index (χ1v) is 37.6. The molecule has 0 heterocycles. The van der Waals surface area contributed by atoms with Gasteiger partial charge in [-0.05, 0) is 238 Å². The summed E-state index contributed by atoms with van der Waals surface area (Å²) in [4.78, 5) is 89.8. The van der Waals surface area contributed by atoms with Gasteiger partial charge in [0, 0.05) is 45.5 Å². The lowest BCUT2D eigenvalue weighted by Crippen LogP contribution is -2.37. The van der Waals surface area contributed by atoms with Gasteiger partial charge in [0.1, 0.15) is 23.0 Å². The molecule has 0 saturated heterocycles. The Kier molecular flexibility index (Phi) is 28.0. The number of nitrogens with one attached hydrogen (secondary N) is 9. The summed E-state index contributed by atoms with van der Waals surface area (Å²) in [5, 5.41) is 24.0. The quantitative estimate of drug-likeness (QED) is 0.0346. The molecule has 8 rings (SSSR count). The molecular formula is C91H117N9O11. The summed E-state index contributed by atoms with van der Waals surface area (Å²) in [6.07, 6.45) is 1.34. The number of hydrogen-bond donors (Lipinski definition) is 9. The number of hydrogen-bond acceptors (Lipinski definition) is 11. The highest BCUT2D eigenvalue weighted by molar-refractivity contribution is 6.06. The maximum Gasteiger partial charge on any atom is 0.417 e. The molecule has 0 fully saturated rings. The van der Waals surface area contributed by atoms with Crippen molar-refractivity contribution in [2.24, 2.45) is 21.7 Å². The summed E-state index contributed by atoms with van der Waals surface area (Å²) in [6.45, 7) is 51.6. The number of imide groups is 1. The second-order valence-corrected chi connectivity index (χ2v) is 36.4. The average Bonchev–Trinajstić information content (AvgIpc) is 0.835. The van der Waals surface area contributed by atoms with Gasteiger partial charge in [-0.3, -0.25) is 26.6 Å². The number of anilines is 8. The average molecular weight is 1510 g/mol. The summed E-state index contributed by atoms with van der Waals surface area (Å²) in [7, 11) is 0. The second-order valence-electron chi connectivity index (χ2n) is 36.4. The molecule has 8 aromatic carbocycles. The molecule has 8 aromatic rings. The van der Waals surface area contributed by atoms with Gasteiger partial charge in [0.05, 0.1) is 0 Å². The molecule has 0 atom stereocenters. The van der Waals surface area contributed by atoms with Gasteiger partial charge in [0.25, 0.3) is 0 Å². The van der Waals surface area contributed by atoms with Crippen LogP contribution in [-0.4, -0.2) is 42.5 Å². The van der Waals surface area contributed by atoms with Crippen LogP contribution in [0.3, 0.4) is 0 Å². The molecule has 0 saturated carbocycles. The molecule has 111 heavy (non-hydrogen) atoms. The topological polar surface area (TPSA) is 265 Å². The first-order chi connectivity index (χ1) is 51.3. The molecule has 20 heteroatoms. The van der Waals surface area contributed by atoms with Crippen molar-refractivity contribution in [1.29, 1.82) is 0 Å². The standard InChI is InChI=1S/C46H59N5O6.C45H58N4O5/c1-29-13-19-33(25-37(29)49-41(54)56-35-21-15-31(16-22-35)45(9,10)27-43(3,4)5)47-39(52)51-40(53)48-34-20-14-30(2)38(26-34)50-42(55)57-36-23-17-32(18-24-36)46(11,12)28-44(6,7)8;1-29-13-19-33(25-37(29)48-40(51)53-35-21-15-31(16-22-35)44(9,10)27-42(3,4)5)46-39(50)47-34-20-14-30(2)38(26-34)49-41(52)54-36-23-17-32(18-24-36)45(11,12)28-43(6,7)8/h13-26H,27-28H2,1-12H3,(H,49,54)(H,50,55)(H3,47,48,51,52,53);13-26H,27-28H2,1-12H3,(H,48,51)(H,49,52)(H2,46,47,50). The number of aryl methyl sites for hydroxylation is 4. The van der Waals surface area contributed by atoms with E-state index in [0.717, 1.165) is 59.1 Å². The zero-order valence-electron chi connectivity index (χ0n) is 69.5. The Morgan fingerprint density at radius 2 is 0.423 bits per heavy atom. The predicted octanol–water partition coefficient (Wildman–Crippen LogP) is 24.9. The molecule has 20 nitrogen and oxygen atoms in total. The monoisotopic (exact) mass is 1510 g/mol. The van der Waals surface area contributed by atoms with E-state index in [-0.39, 0.29) is 43.3 Å². The highest BCUT2D eigenvalue weighted by Crippen LogP contribution is 2.41. The van der Waals surface area contributed by atoms with Gasteiger partial charge in [-0.25, -0.2) is 33.6 Å². The number of amides is 10. The van der Waals surface area contributed by atoms with Crippen molar-refractivity contribution >= 4 is 88.0 Å². The molecular weight excluding hydrogens is 1400 g/mol. The Hall–Kier alpha value is -11.2. The van der Waals surface area contributed by atoms with E-state index >= 15 is 0 Å². The first-order valence-electron chi connectivity index (χ1n) is 37.6. The third-order valence-corrected chi connectivity index (χ3v) is 18.4. The second kappa shape index (κ2) is 35.7. The Morgan fingerprint density at radius 1 is 0.243 bits per heavy atom.